The Morgan fingerprint density at radius 3 is 2.75 bits per heavy atom. The molecule has 6 nitrogen and oxygen atoms in total. The van der Waals surface area contributed by atoms with E-state index < -0.39 is 0 Å². The van der Waals surface area contributed by atoms with Gasteiger partial charge in [0.2, 0.25) is 5.78 Å². The molecule has 0 spiro atoms. The molecule has 0 amide bonds. The van der Waals surface area contributed by atoms with Crippen LogP contribution in [-0.4, -0.2) is 33.4 Å². The lowest BCUT2D eigenvalue weighted by Gasteiger charge is -2.43. The second-order valence-electron chi connectivity index (χ2n) is 9.89. The van der Waals surface area contributed by atoms with Crippen LogP contribution in [0.3, 0.4) is 0 Å². The third kappa shape index (κ3) is 3.94. The van der Waals surface area contributed by atoms with Gasteiger partial charge in [-0.1, -0.05) is 35.3 Å². The standard InChI is InChI=1S/C28H24Cl2N2O4/c1-15-7-23(33)20(14-31-11-16-8-18(13-31)22-3-2-4-25(34)32(22)12-16)28-26(15)27(35)24(36-28)9-17-5-6-19(29)10-21(17)30/h2-7,9-10,16,18,33H,8,11-14H2,1H3/b24-9-/t16-,18+/m1/s1. The first-order valence-corrected chi connectivity index (χ1v) is 12.7. The average molecular weight is 523 g/mol. The highest BCUT2D eigenvalue weighted by atomic mass is 35.5. The molecule has 3 aromatic rings. The summed E-state index contributed by atoms with van der Waals surface area (Å²) in [5.74, 6) is 1.03. The molecule has 4 heterocycles. The Hall–Kier alpha value is -3.06. The number of nitrogens with zero attached hydrogens (tertiary/aromatic N) is 2. The monoisotopic (exact) mass is 522 g/mol. The first kappa shape index (κ1) is 23.3. The minimum absolute atomic E-state index is 0.0525. The summed E-state index contributed by atoms with van der Waals surface area (Å²) >= 11 is 12.3. The first-order chi connectivity index (χ1) is 17.3. The summed E-state index contributed by atoms with van der Waals surface area (Å²) in [5.41, 5.74) is 3.47. The van der Waals surface area contributed by atoms with Crippen LogP contribution in [0.1, 0.15) is 45.1 Å². The fourth-order valence-electron chi connectivity index (χ4n) is 5.84. The van der Waals surface area contributed by atoms with Crippen LogP contribution in [0.15, 0.2) is 53.0 Å². The Bertz CT molecular complexity index is 1510. The number of fused-ring (bicyclic) bond motifs is 5. The third-order valence-corrected chi connectivity index (χ3v) is 7.97. The van der Waals surface area contributed by atoms with Gasteiger partial charge >= 0.3 is 0 Å². The number of carbonyl (C=O) groups is 1. The van der Waals surface area contributed by atoms with Gasteiger partial charge in [0.25, 0.3) is 5.56 Å². The number of pyridine rings is 1. The molecule has 1 N–H and O–H groups in total. The lowest BCUT2D eigenvalue weighted by molar-refractivity contribution is 0.101. The van der Waals surface area contributed by atoms with E-state index in [9.17, 15) is 14.7 Å². The summed E-state index contributed by atoms with van der Waals surface area (Å²) in [6.45, 7) is 4.50. The Morgan fingerprint density at radius 1 is 1.11 bits per heavy atom. The number of benzene rings is 2. The van der Waals surface area contributed by atoms with Crippen LogP contribution < -0.4 is 10.3 Å². The van der Waals surface area contributed by atoms with Gasteiger partial charge in [-0.3, -0.25) is 14.5 Å². The second kappa shape index (κ2) is 8.80. The van der Waals surface area contributed by atoms with Crippen LogP contribution in [0, 0.1) is 12.8 Å². The molecular formula is C28H24Cl2N2O4. The lowest BCUT2D eigenvalue weighted by Crippen LogP contribution is -2.46. The van der Waals surface area contributed by atoms with E-state index in [1.807, 2.05) is 16.7 Å². The molecule has 2 atom stereocenters. The van der Waals surface area contributed by atoms with Crippen LogP contribution in [0.25, 0.3) is 6.08 Å². The van der Waals surface area contributed by atoms with Gasteiger partial charge in [-0.15, -0.1) is 0 Å². The number of aromatic hydroxyl groups is 1. The fourth-order valence-corrected chi connectivity index (χ4v) is 6.30. The van der Waals surface area contributed by atoms with Gasteiger partial charge in [0.1, 0.15) is 11.5 Å². The van der Waals surface area contributed by atoms with E-state index in [0.29, 0.717) is 57.1 Å². The number of phenolic OH excluding ortho intramolecular Hbond substituents is 1. The highest BCUT2D eigenvalue weighted by Gasteiger charge is 2.37. The third-order valence-electron chi connectivity index (χ3n) is 7.41. The maximum atomic E-state index is 13.3. The lowest BCUT2D eigenvalue weighted by atomic mass is 9.83. The van der Waals surface area contributed by atoms with Crippen molar-refractivity contribution in [3.8, 4) is 11.5 Å². The molecule has 6 rings (SSSR count). The SMILES string of the molecule is Cc1cc(O)c(CN2C[C@H]3C[C@@H](C2)c2cccc(=O)n2C3)c2c1C(=O)/C(=C/c1ccc(Cl)cc1Cl)O2. The van der Waals surface area contributed by atoms with Gasteiger partial charge in [0, 0.05) is 53.9 Å². The number of hydrogen-bond acceptors (Lipinski definition) is 5. The van der Waals surface area contributed by atoms with Gasteiger partial charge in [-0.05, 0) is 60.7 Å². The number of Topliss-reactive ketones (excluding diaryl/α,β-unsaturated/α-hetero) is 1. The summed E-state index contributed by atoms with van der Waals surface area (Å²) in [6.07, 6.45) is 2.66. The number of ketones is 1. The number of allylic oxidation sites excluding steroid dienone is 1. The van der Waals surface area contributed by atoms with Crippen LogP contribution in [0.2, 0.25) is 10.0 Å². The first-order valence-electron chi connectivity index (χ1n) is 12.0. The number of phenols is 1. The predicted molar refractivity (Wildman–Crippen MR) is 139 cm³/mol. The maximum absolute atomic E-state index is 13.3. The summed E-state index contributed by atoms with van der Waals surface area (Å²) in [6, 6.07) is 12.2. The van der Waals surface area contributed by atoms with Gasteiger partial charge in [-0.25, -0.2) is 0 Å². The Morgan fingerprint density at radius 2 is 1.94 bits per heavy atom. The van der Waals surface area contributed by atoms with Gasteiger partial charge < -0.3 is 14.4 Å². The highest BCUT2D eigenvalue weighted by Crippen LogP contribution is 2.44. The molecule has 0 radical (unpaired) electrons. The molecule has 0 aliphatic carbocycles. The quantitative estimate of drug-likeness (QED) is 0.466. The zero-order chi connectivity index (χ0) is 25.1. The maximum Gasteiger partial charge on any atom is 0.250 e. The number of halogens is 2. The minimum atomic E-state index is -0.237. The molecule has 1 saturated heterocycles. The van der Waals surface area contributed by atoms with E-state index in [-0.39, 0.29) is 28.8 Å². The van der Waals surface area contributed by atoms with Crippen molar-refractivity contribution in [2.45, 2.75) is 32.4 Å². The Labute approximate surface area is 218 Å². The second-order valence-corrected chi connectivity index (χ2v) is 10.7. The van der Waals surface area contributed by atoms with Crippen molar-refractivity contribution < 1.29 is 14.6 Å². The normalized spacial score (nSPS) is 21.9. The number of ether oxygens (including phenoxy) is 1. The zero-order valence-corrected chi connectivity index (χ0v) is 21.1. The molecule has 1 fully saturated rings. The van der Waals surface area contributed by atoms with Crippen LogP contribution in [0.4, 0.5) is 0 Å². The van der Waals surface area contributed by atoms with Crippen LogP contribution in [0.5, 0.6) is 11.5 Å². The molecule has 184 valence electrons. The number of hydrogen-bond donors (Lipinski definition) is 1. The van der Waals surface area contributed by atoms with Crippen molar-refractivity contribution in [2.75, 3.05) is 13.1 Å². The predicted octanol–water partition coefficient (Wildman–Crippen LogP) is 5.40. The number of aromatic nitrogens is 1. The summed E-state index contributed by atoms with van der Waals surface area (Å²) < 4.78 is 8.00. The zero-order valence-electron chi connectivity index (χ0n) is 19.6. The largest absolute Gasteiger partial charge is 0.507 e. The number of rotatable bonds is 3. The van der Waals surface area contributed by atoms with Gasteiger partial charge in [-0.2, -0.15) is 0 Å². The van der Waals surface area contributed by atoms with E-state index in [0.717, 1.165) is 25.2 Å². The molecule has 0 saturated carbocycles. The molecule has 3 aliphatic heterocycles. The molecule has 0 unspecified atom stereocenters. The molecule has 3 aliphatic rings. The molecular weight excluding hydrogens is 499 g/mol. The van der Waals surface area contributed by atoms with E-state index in [2.05, 4.69) is 4.90 Å². The Balaban J connectivity index is 1.32. The number of aryl methyl sites for hydroxylation is 1. The minimum Gasteiger partial charge on any atom is -0.507 e. The van der Waals surface area contributed by atoms with E-state index in [1.54, 1.807) is 43.3 Å². The molecule has 1 aromatic heterocycles. The number of likely N-dealkylation sites (tertiary alicyclic amines) is 1. The number of carbonyl (C=O) groups excluding carboxylic acids is 1. The van der Waals surface area contributed by atoms with Crippen molar-refractivity contribution >= 4 is 35.1 Å². The number of piperidine rings is 1. The molecule has 2 bridgehead atoms. The van der Waals surface area contributed by atoms with Crippen molar-refractivity contribution in [2.24, 2.45) is 5.92 Å². The Kier molecular flexibility index (Phi) is 5.71. The van der Waals surface area contributed by atoms with E-state index in [1.165, 1.54) is 0 Å². The summed E-state index contributed by atoms with van der Waals surface area (Å²) in [4.78, 5) is 27.9. The van der Waals surface area contributed by atoms with Crippen molar-refractivity contribution in [1.82, 2.24) is 9.47 Å². The van der Waals surface area contributed by atoms with Crippen molar-refractivity contribution in [3.63, 3.8) is 0 Å². The smallest absolute Gasteiger partial charge is 0.250 e. The van der Waals surface area contributed by atoms with Crippen molar-refractivity contribution in [3.05, 3.63) is 96.6 Å². The summed E-state index contributed by atoms with van der Waals surface area (Å²) in [7, 11) is 0. The topological polar surface area (TPSA) is 71.8 Å². The summed E-state index contributed by atoms with van der Waals surface area (Å²) in [5, 5.41) is 11.8. The molecule has 2 aromatic carbocycles. The van der Waals surface area contributed by atoms with Crippen molar-refractivity contribution in [1.29, 1.82) is 0 Å². The highest BCUT2D eigenvalue weighted by molar-refractivity contribution is 6.35. The fraction of sp³-hybridized carbons (Fsp3) is 0.286. The van der Waals surface area contributed by atoms with Crippen LogP contribution >= 0.6 is 23.2 Å². The van der Waals surface area contributed by atoms with E-state index >= 15 is 0 Å². The van der Waals surface area contributed by atoms with Gasteiger partial charge in [0.15, 0.2) is 5.76 Å². The van der Waals surface area contributed by atoms with Crippen LogP contribution in [-0.2, 0) is 13.1 Å². The van der Waals surface area contributed by atoms with E-state index in [4.69, 9.17) is 27.9 Å². The average Bonchev–Trinajstić information content (AvgIpc) is 3.15. The molecule has 36 heavy (non-hydrogen) atoms. The molecule has 8 heteroatoms. The van der Waals surface area contributed by atoms with Gasteiger partial charge in [0.05, 0.1) is 11.1 Å².